The third kappa shape index (κ3) is 6.15. The maximum absolute atomic E-state index is 4.44. The Morgan fingerprint density at radius 3 is 2.00 bits per heavy atom. The zero-order chi connectivity index (χ0) is 15.2. The number of hydrogen-bond donors (Lipinski definition) is 0. The molecule has 0 rings (SSSR count). The van der Waals surface area contributed by atoms with E-state index in [1.165, 1.54) is 31.3 Å². The van der Waals surface area contributed by atoms with Gasteiger partial charge in [0.25, 0.3) is 0 Å². The lowest BCUT2D eigenvalue weighted by Crippen LogP contribution is -2.26. The van der Waals surface area contributed by atoms with Crippen molar-refractivity contribution in [3.05, 3.63) is 12.2 Å². The fourth-order valence-corrected chi connectivity index (χ4v) is 2.76. The second-order valence-corrected chi connectivity index (χ2v) is 7.75. The number of allylic oxidation sites excluding steroid dienone is 1. The lowest BCUT2D eigenvalue weighted by atomic mass is 9.69. The number of hydrogen-bond acceptors (Lipinski definition) is 0. The summed E-state index contributed by atoms with van der Waals surface area (Å²) in [7, 11) is 0. The summed E-state index contributed by atoms with van der Waals surface area (Å²) in [6.07, 6.45) is 5.23. The first-order chi connectivity index (χ1) is 8.63. The minimum atomic E-state index is 0.391. The Hall–Kier alpha value is -0.260. The van der Waals surface area contributed by atoms with E-state index in [4.69, 9.17) is 0 Å². The lowest BCUT2D eigenvalue weighted by Gasteiger charge is -2.36. The summed E-state index contributed by atoms with van der Waals surface area (Å²) in [5.41, 5.74) is 1.86. The van der Waals surface area contributed by atoms with Gasteiger partial charge >= 0.3 is 0 Å². The van der Waals surface area contributed by atoms with Gasteiger partial charge in [0, 0.05) is 0 Å². The van der Waals surface area contributed by atoms with Gasteiger partial charge in [0.2, 0.25) is 0 Å². The van der Waals surface area contributed by atoms with E-state index in [-0.39, 0.29) is 0 Å². The molecule has 0 aromatic carbocycles. The average Bonchev–Trinajstić information content (AvgIpc) is 2.34. The molecule has 0 saturated heterocycles. The summed E-state index contributed by atoms with van der Waals surface area (Å²) < 4.78 is 0. The average molecular weight is 267 g/mol. The quantitative estimate of drug-likeness (QED) is 0.407. The fourth-order valence-electron chi connectivity index (χ4n) is 2.76. The van der Waals surface area contributed by atoms with Crippen molar-refractivity contribution in [2.75, 3.05) is 0 Å². The Kier molecular flexibility index (Phi) is 8.01. The van der Waals surface area contributed by atoms with Crippen LogP contribution in [-0.4, -0.2) is 0 Å². The summed E-state index contributed by atoms with van der Waals surface area (Å²) >= 11 is 0. The van der Waals surface area contributed by atoms with Crippen molar-refractivity contribution in [1.29, 1.82) is 0 Å². The van der Waals surface area contributed by atoms with Crippen molar-refractivity contribution in [3.63, 3.8) is 0 Å². The van der Waals surface area contributed by atoms with Gasteiger partial charge in [-0.2, -0.15) is 0 Å². The molecule has 0 N–H and O–H groups in total. The monoisotopic (exact) mass is 266 g/mol. The van der Waals surface area contributed by atoms with Gasteiger partial charge in [-0.25, -0.2) is 0 Å². The first kappa shape index (κ1) is 18.7. The summed E-state index contributed by atoms with van der Waals surface area (Å²) in [5, 5.41) is 0. The maximum Gasteiger partial charge on any atom is -0.0180 e. The van der Waals surface area contributed by atoms with E-state index in [9.17, 15) is 0 Å². The van der Waals surface area contributed by atoms with E-state index in [1.54, 1.807) is 0 Å². The molecule has 0 radical (unpaired) electrons. The molecule has 3 atom stereocenters. The van der Waals surface area contributed by atoms with Crippen molar-refractivity contribution >= 4 is 0 Å². The molecule has 19 heavy (non-hydrogen) atoms. The highest BCUT2D eigenvalue weighted by Crippen LogP contribution is 2.40. The molecule has 0 bridgehead atoms. The van der Waals surface area contributed by atoms with Crippen LogP contribution in [0.2, 0.25) is 0 Å². The van der Waals surface area contributed by atoms with Gasteiger partial charge in [0.1, 0.15) is 0 Å². The number of unbranched alkanes of at least 4 members (excludes halogenated alkanes) is 1. The first-order valence-electron chi connectivity index (χ1n) is 8.32. The normalized spacial score (nSPS) is 17.3. The van der Waals surface area contributed by atoms with E-state index in [1.807, 2.05) is 0 Å². The van der Waals surface area contributed by atoms with Gasteiger partial charge in [-0.15, -0.1) is 0 Å². The van der Waals surface area contributed by atoms with E-state index < -0.39 is 0 Å². The Balaban J connectivity index is 4.54. The molecule has 0 saturated carbocycles. The molecule has 0 aromatic rings. The summed E-state index contributed by atoms with van der Waals surface area (Å²) in [4.78, 5) is 0. The molecule has 0 amide bonds. The molecule has 3 unspecified atom stereocenters. The van der Waals surface area contributed by atoms with Crippen LogP contribution in [-0.2, 0) is 0 Å². The van der Waals surface area contributed by atoms with E-state index in [0.717, 1.165) is 11.8 Å². The predicted octanol–water partition coefficient (Wildman–Crippen LogP) is 6.71. The summed E-state index contributed by atoms with van der Waals surface area (Å²) in [6.45, 7) is 23.3. The molecule has 0 spiro atoms. The van der Waals surface area contributed by atoms with Crippen LogP contribution < -0.4 is 0 Å². The zero-order valence-electron chi connectivity index (χ0n) is 14.8. The van der Waals surface area contributed by atoms with Crippen LogP contribution in [0.15, 0.2) is 12.2 Å². The van der Waals surface area contributed by atoms with Gasteiger partial charge in [0.15, 0.2) is 0 Å². The van der Waals surface area contributed by atoms with Crippen LogP contribution in [0, 0.1) is 29.1 Å². The molecule has 0 nitrogen and oxygen atoms in total. The highest BCUT2D eigenvalue weighted by Gasteiger charge is 2.29. The molecule has 0 aliphatic rings. The van der Waals surface area contributed by atoms with Crippen molar-refractivity contribution in [3.8, 4) is 0 Å². The van der Waals surface area contributed by atoms with Gasteiger partial charge < -0.3 is 0 Å². The van der Waals surface area contributed by atoms with Gasteiger partial charge in [-0.1, -0.05) is 80.4 Å². The molecule has 0 aromatic heterocycles. The Labute approximate surface area is 123 Å². The SMILES string of the molecule is C=C(C(C)CC(C)C(C)C)C(C)C(C)(C)CCCC. The third-order valence-electron chi connectivity index (χ3n) is 5.40. The van der Waals surface area contributed by atoms with Crippen molar-refractivity contribution in [2.24, 2.45) is 29.1 Å². The molecule has 0 aliphatic carbocycles. The van der Waals surface area contributed by atoms with Crippen LogP contribution >= 0.6 is 0 Å². The molecule has 114 valence electrons. The largest absolute Gasteiger partial charge is 0.0993 e. The fraction of sp³-hybridized carbons (Fsp3) is 0.895. The van der Waals surface area contributed by atoms with E-state index in [0.29, 0.717) is 17.3 Å². The van der Waals surface area contributed by atoms with E-state index >= 15 is 0 Å². The molecular formula is C19H38. The van der Waals surface area contributed by atoms with Crippen LogP contribution in [0.25, 0.3) is 0 Å². The second-order valence-electron chi connectivity index (χ2n) is 7.75. The summed E-state index contributed by atoms with van der Waals surface area (Å²) in [6, 6.07) is 0. The third-order valence-corrected chi connectivity index (χ3v) is 5.40. The molecule has 0 heterocycles. The topological polar surface area (TPSA) is 0 Å². The Bertz CT molecular complexity index is 259. The minimum Gasteiger partial charge on any atom is -0.0993 e. The smallest absolute Gasteiger partial charge is 0.0180 e. The maximum atomic E-state index is 4.44. The van der Waals surface area contributed by atoms with Crippen LogP contribution in [0.5, 0.6) is 0 Å². The molecular weight excluding hydrogens is 228 g/mol. The first-order valence-corrected chi connectivity index (χ1v) is 8.32. The minimum absolute atomic E-state index is 0.391. The number of rotatable bonds is 9. The van der Waals surface area contributed by atoms with Crippen LogP contribution in [0.4, 0.5) is 0 Å². The van der Waals surface area contributed by atoms with Gasteiger partial charge in [0.05, 0.1) is 0 Å². The standard InChI is InChI=1S/C19H38/c1-10-11-12-19(8,9)18(7)17(6)16(5)13-15(4)14(2)3/h14-16,18H,6,10-13H2,1-5,7-9H3. The van der Waals surface area contributed by atoms with E-state index in [2.05, 4.69) is 62.0 Å². The Morgan fingerprint density at radius 2 is 1.58 bits per heavy atom. The van der Waals surface area contributed by atoms with Crippen molar-refractivity contribution < 1.29 is 0 Å². The van der Waals surface area contributed by atoms with Crippen LogP contribution in [0.3, 0.4) is 0 Å². The molecule has 0 aliphatic heterocycles. The lowest BCUT2D eigenvalue weighted by molar-refractivity contribution is 0.218. The van der Waals surface area contributed by atoms with Gasteiger partial charge in [-0.3, -0.25) is 0 Å². The molecule has 0 fully saturated rings. The van der Waals surface area contributed by atoms with Crippen molar-refractivity contribution in [1.82, 2.24) is 0 Å². The van der Waals surface area contributed by atoms with Gasteiger partial charge in [-0.05, 0) is 41.9 Å². The van der Waals surface area contributed by atoms with Crippen LogP contribution in [0.1, 0.15) is 81.1 Å². The predicted molar refractivity (Wildman–Crippen MR) is 89.4 cm³/mol. The Morgan fingerprint density at radius 1 is 1.05 bits per heavy atom. The molecule has 0 heteroatoms. The second kappa shape index (κ2) is 8.12. The highest BCUT2D eigenvalue weighted by atomic mass is 14.3. The summed E-state index contributed by atoms with van der Waals surface area (Å²) in [5.74, 6) is 2.83. The van der Waals surface area contributed by atoms with Crippen molar-refractivity contribution in [2.45, 2.75) is 81.1 Å². The zero-order valence-corrected chi connectivity index (χ0v) is 14.8. The highest BCUT2D eigenvalue weighted by molar-refractivity contribution is 5.07.